The number of nitrogens with one attached hydrogen (secondary N) is 1. The number of hydrogen-bond donors (Lipinski definition) is 2. The van der Waals surface area contributed by atoms with E-state index in [2.05, 4.69) is 45.9 Å². The van der Waals surface area contributed by atoms with Crippen molar-refractivity contribution in [2.24, 2.45) is 7.05 Å². The van der Waals surface area contributed by atoms with Gasteiger partial charge >= 0.3 is 0 Å². The Hall–Kier alpha value is -4.11. The molecule has 4 aromatic rings. The highest BCUT2D eigenvalue weighted by Gasteiger charge is 2.29. The normalized spacial score (nSPS) is 15.1. The average Bonchev–Trinajstić information content (AvgIpc) is 3.58. The van der Waals surface area contributed by atoms with Gasteiger partial charge in [-0.1, -0.05) is 24.3 Å². The molecule has 0 aliphatic carbocycles. The van der Waals surface area contributed by atoms with Crippen molar-refractivity contribution in [1.82, 2.24) is 25.0 Å². The summed E-state index contributed by atoms with van der Waals surface area (Å²) in [6, 6.07) is 17.6. The lowest BCUT2D eigenvalue weighted by atomic mass is 10.0. The summed E-state index contributed by atoms with van der Waals surface area (Å²) in [5.41, 5.74) is 10.7. The van der Waals surface area contributed by atoms with Gasteiger partial charge in [0.15, 0.2) is 0 Å². The van der Waals surface area contributed by atoms with E-state index in [1.165, 1.54) is 4.90 Å². The number of carbonyl (C=O) groups excluding carboxylic acids is 2. The van der Waals surface area contributed by atoms with Crippen molar-refractivity contribution in [1.29, 1.82) is 0 Å². The number of aryl methyl sites for hydroxylation is 1. The molecule has 0 radical (unpaired) electrons. The number of pyridine rings is 1. The molecular formula is C28H28N6O2S. The number of nitrogens with zero attached hydrogens (tertiary/aromatic N) is 4. The van der Waals surface area contributed by atoms with Crippen LogP contribution in [0.15, 0.2) is 78.1 Å². The Morgan fingerprint density at radius 3 is 2.35 bits per heavy atom. The molecule has 5 rings (SSSR count). The van der Waals surface area contributed by atoms with Gasteiger partial charge in [0.25, 0.3) is 11.8 Å². The molecule has 2 aromatic carbocycles. The maximum atomic E-state index is 13.1. The first-order valence-electron chi connectivity index (χ1n) is 12.0. The van der Waals surface area contributed by atoms with Gasteiger partial charge in [-0.25, -0.2) is 4.98 Å². The minimum Gasteiger partial charge on any atom is -0.383 e. The molecule has 188 valence electrons. The molecule has 37 heavy (non-hydrogen) atoms. The highest BCUT2D eigenvalue weighted by atomic mass is 32.2. The number of thioether (sulfide) groups is 1. The summed E-state index contributed by atoms with van der Waals surface area (Å²) < 4.78 is 1.69. The Morgan fingerprint density at radius 1 is 1.00 bits per heavy atom. The maximum absolute atomic E-state index is 13.1. The van der Waals surface area contributed by atoms with Crippen LogP contribution in [0.25, 0.3) is 22.3 Å². The lowest BCUT2D eigenvalue weighted by molar-refractivity contribution is 0.0783. The fraction of sp³-hybridized carbons (Fsp3) is 0.214. The molecule has 2 amide bonds. The lowest BCUT2D eigenvalue weighted by Gasteiger charge is -2.18. The van der Waals surface area contributed by atoms with Gasteiger partial charge in [0.1, 0.15) is 5.82 Å². The number of carbonyl (C=O) groups is 2. The predicted octanol–water partition coefficient (Wildman–Crippen LogP) is 4.10. The fourth-order valence-corrected chi connectivity index (χ4v) is 4.89. The second kappa shape index (κ2) is 10.5. The van der Waals surface area contributed by atoms with E-state index in [0.717, 1.165) is 22.3 Å². The smallest absolute Gasteiger partial charge is 0.255 e. The number of amides is 2. The zero-order chi connectivity index (χ0) is 25.9. The molecule has 1 saturated heterocycles. The van der Waals surface area contributed by atoms with Crippen molar-refractivity contribution in [2.45, 2.75) is 17.4 Å². The number of rotatable bonds is 6. The Kier molecular flexibility index (Phi) is 6.96. The topological polar surface area (TPSA) is 106 Å². The highest BCUT2D eigenvalue weighted by molar-refractivity contribution is 7.98. The number of nitrogens with two attached hydrogens (primary N) is 1. The second-order valence-corrected chi connectivity index (χ2v) is 9.96. The van der Waals surface area contributed by atoms with Gasteiger partial charge in [-0.05, 0) is 54.1 Å². The van der Waals surface area contributed by atoms with E-state index < -0.39 is 0 Å². The lowest BCUT2D eigenvalue weighted by Crippen LogP contribution is -2.38. The molecular weight excluding hydrogens is 484 g/mol. The van der Waals surface area contributed by atoms with Crippen molar-refractivity contribution in [3.8, 4) is 22.3 Å². The zero-order valence-corrected chi connectivity index (χ0v) is 21.5. The summed E-state index contributed by atoms with van der Waals surface area (Å²) in [4.78, 5) is 33.3. The van der Waals surface area contributed by atoms with Crippen LogP contribution in [0, 0.1) is 0 Å². The molecule has 1 aliphatic heterocycles. The van der Waals surface area contributed by atoms with E-state index in [1.807, 2.05) is 37.5 Å². The van der Waals surface area contributed by atoms with E-state index in [4.69, 9.17) is 5.73 Å². The van der Waals surface area contributed by atoms with E-state index in [-0.39, 0.29) is 23.7 Å². The first-order chi connectivity index (χ1) is 17.9. The fourth-order valence-electron chi connectivity index (χ4n) is 4.48. The molecule has 3 N–H and O–H groups in total. The number of aromatic nitrogens is 3. The summed E-state index contributed by atoms with van der Waals surface area (Å²) in [5.74, 6) is -0.174. The van der Waals surface area contributed by atoms with Crippen LogP contribution < -0.4 is 11.1 Å². The SMILES string of the molecule is CSc1ccc(-c2ccc(C(=O)N3CC[C@@H](NC(=O)c4cc(-c5cnn(C)c5)cnc4N)C3)cc2)cc1. The first kappa shape index (κ1) is 24.6. The van der Waals surface area contributed by atoms with E-state index >= 15 is 0 Å². The summed E-state index contributed by atoms with van der Waals surface area (Å²) in [6.07, 6.45) is 7.92. The standard InChI is InChI=1S/C28H28N6O2S/c1-33-16-22(15-31-33)21-13-25(26(29)30-14-21)27(35)32-23-11-12-34(17-23)28(36)20-5-3-18(4-6-20)19-7-9-24(37-2)10-8-19/h3-10,13-16,23H,11-12,17H2,1-2H3,(H2,29,30)(H,32,35)/t23-/m1/s1. The molecule has 0 bridgehead atoms. The predicted molar refractivity (Wildman–Crippen MR) is 146 cm³/mol. The molecule has 0 saturated carbocycles. The van der Waals surface area contributed by atoms with Gasteiger partial charge in [0.2, 0.25) is 0 Å². The van der Waals surface area contributed by atoms with Gasteiger partial charge in [-0.15, -0.1) is 11.8 Å². The van der Waals surface area contributed by atoms with Gasteiger partial charge in [-0.3, -0.25) is 14.3 Å². The van der Waals surface area contributed by atoms with Crippen LogP contribution in [0.2, 0.25) is 0 Å². The molecule has 2 aromatic heterocycles. The van der Waals surface area contributed by atoms with Crippen LogP contribution in [0.4, 0.5) is 5.82 Å². The van der Waals surface area contributed by atoms with Crippen molar-refractivity contribution in [3.05, 3.63) is 84.3 Å². The van der Waals surface area contributed by atoms with Gasteiger partial charge < -0.3 is 16.0 Å². The van der Waals surface area contributed by atoms with Crippen LogP contribution in [0.3, 0.4) is 0 Å². The van der Waals surface area contributed by atoms with Crippen LogP contribution in [0.1, 0.15) is 27.1 Å². The number of nitrogen functional groups attached to an aromatic ring is 1. The third-order valence-electron chi connectivity index (χ3n) is 6.57. The highest BCUT2D eigenvalue weighted by Crippen LogP contribution is 2.25. The van der Waals surface area contributed by atoms with Crippen molar-refractivity contribution < 1.29 is 9.59 Å². The van der Waals surface area contributed by atoms with Crippen LogP contribution in [-0.4, -0.2) is 56.9 Å². The first-order valence-corrected chi connectivity index (χ1v) is 13.2. The van der Waals surface area contributed by atoms with Gasteiger partial charge in [0.05, 0.1) is 11.8 Å². The van der Waals surface area contributed by atoms with Crippen LogP contribution >= 0.6 is 11.8 Å². The number of likely N-dealkylation sites (tertiary alicyclic amines) is 1. The van der Waals surface area contributed by atoms with Crippen LogP contribution in [-0.2, 0) is 7.05 Å². The Labute approximate surface area is 219 Å². The second-order valence-electron chi connectivity index (χ2n) is 9.08. The van der Waals surface area contributed by atoms with Crippen molar-refractivity contribution >= 4 is 29.4 Å². The Balaban J connectivity index is 1.22. The van der Waals surface area contributed by atoms with Crippen molar-refractivity contribution in [3.63, 3.8) is 0 Å². The van der Waals surface area contributed by atoms with Crippen molar-refractivity contribution in [2.75, 3.05) is 25.1 Å². The summed E-state index contributed by atoms with van der Waals surface area (Å²) in [6.45, 7) is 1.02. The molecule has 8 nitrogen and oxygen atoms in total. The maximum Gasteiger partial charge on any atom is 0.255 e. The molecule has 3 heterocycles. The minimum atomic E-state index is -0.299. The minimum absolute atomic E-state index is 0.0409. The molecule has 0 unspecified atom stereocenters. The molecule has 9 heteroatoms. The number of anilines is 1. The Morgan fingerprint density at radius 2 is 1.70 bits per heavy atom. The van der Waals surface area contributed by atoms with Crippen LogP contribution in [0.5, 0.6) is 0 Å². The number of hydrogen-bond acceptors (Lipinski definition) is 6. The molecule has 1 aliphatic rings. The average molecular weight is 513 g/mol. The Bertz CT molecular complexity index is 1430. The van der Waals surface area contributed by atoms with E-state index in [0.29, 0.717) is 30.6 Å². The summed E-state index contributed by atoms with van der Waals surface area (Å²) in [7, 11) is 1.83. The largest absolute Gasteiger partial charge is 0.383 e. The number of benzene rings is 2. The zero-order valence-electron chi connectivity index (χ0n) is 20.7. The third-order valence-corrected chi connectivity index (χ3v) is 7.31. The quantitative estimate of drug-likeness (QED) is 0.377. The van der Waals surface area contributed by atoms with Gasteiger partial charge in [-0.2, -0.15) is 5.10 Å². The summed E-state index contributed by atoms with van der Waals surface area (Å²) in [5, 5.41) is 7.19. The van der Waals surface area contributed by atoms with E-state index in [1.54, 1.807) is 39.8 Å². The summed E-state index contributed by atoms with van der Waals surface area (Å²) >= 11 is 1.71. The third kappa shape index (κ3) is 5.36. The molecule has 1 atom stereocenters. The monoisotopic (exact) mass is 512 g/mol. The van der Waals surface area contributed by atoms with Gasteiger partial charge in [0, 0.05) is 60.2 Å². The van der Waals surface area contributed by atoms with E-state index in [9.17, 15) is 9.59 Å². The molecule has 0 spiro atoms. The molecule has 1 fully saturated rings.